The lowest BCUT2D eigenvalue weighted by atomic mass is 10.2. The summed E-state index contributed by atoms with van der Waals surface area (Å²) in [4.78, 5) is 11.7. The highest BCUT2D eigenvalue weighted by Crippen LogP contribution is 2.15. The molecular formula is C13H21Cl2N3O3S. The van der Waals surface area contributed by atoms with E-state index >= 15 is 0 Å². The van der Waals surface area contributed by atoms with E-state index in [4.69, 9.17) is 5.73 Å². The van der Waals surface area contributed by atoms with Gasteiger partial charge in [0.25, 0.3) is 0 Å². The molecule has 0 heterocycles. The fourth-order valence-electron chi connectivity index (χ4n) is 1.47. The van der Waals surface area contributed by atoms with E-state index in [2.05, 4.69) is 16.6 Å². The van der Waals surface area contributed by atoms with Crippen molar-refractivity contribution in [2.75, 3.05) is 18.4 Å². The number of nitrogens with one attached hydrogen (secondary N) is 2. The molecule has 1 aromatic carbocycles. The molecule has 0 radical (unpaired) electrons. The van der Waals surface area contributed by atoms with E-state index < -0.39 is 10.0 Å². The number of carbonyl (C=O) groups excluding carboxylic acids is 1. The lowest BCUT2D eigenvalue weighted by Crippen LogP contribution is -2.29. The topological polar surface area (TPSA) is 101 Å². The van der Waals surface area contributed by atoms with Crippen LogP contribution in [0.15, 0.2) is 41.8 Å². The van der Waals surface area contributed by atoms with E-state index in [1.165, 1.54) is 12.1 Å². The van der Waals surface area contributed by atoms with Gasteiger partial charge in [0.05, 0.1) is 4.90 Å². The Balaban J connectivity index is 0. The second kappa shape index (κ2) is 11.4. The number of hydrogen-bond acceptors (Lipinski definition) is 4. The summed E-state index contributed by atoms with van der Waals surface area (Å²) in [6.45, 7) is 3.92. The second-order valence-electron chi connectivity index (χ2n) is 4.09. The van der Waals surface area contributed by atoms with Crippen LogP contribution in [0.4, 0.5) is 5.69 Å². The average molecular weight is 370 g/mol. The molecule has 0 spiro atoms. The Morgan fingerprint density at radius 1 is 1.32 bits per heavy atom. The van der Waals surface area contributed by atoms with E-state index in [1.54, 1.807) is 18.2 Å². The Morgan fingerprint density at radius 2 is 2.00 bits per heavy atom. The van der Waals surface area contributed by atoms with E-state index in [0.717, 1.165) is 0 Å². The zero-order chi connectivity index (χ0) is 15.0. The van der Waals surface area contributed by atoms with Crippen LogP contribution in [0.25, 0.3) is 0 Å². The van der Waals surface area contributed by atoms with Crippen LogP contribution in [0.1, 0.15) is 12.8 Å². The van der Waals surface area contributed by atoms with Gasteiger partial charge in [-0.15, -0.1) is 31.4 Å². The molecule has 0 aliphatic rings. The Bertz CT molecular complexity index is 580. The fourth-order valence-corrected chi connectivity index (χ4v) is 2.57. The third-order valence-electron chi connectivity index (χ3n) is 2.44. The maximum absolute atomic E-state index is 11.9. The lowest BCUT2D eigenvalue weighted by molar-refractivity contribution is -0.116. The van der Waals surface area contributed by atoms with E-state index in [-0.39, 0.29) is 48.7 Å². The van der Waals surface area contributed by atoms with Gasteiger partial charge in [-0.3, -0.25) is 4.79 Å². The first-order chi connectivity index (χ1) is 9.49. The molecule has 1 amide bonds. The molecule has 4 N–H and O–H groups in total. The van der Waals surface area contributed by atoms with Crippen LogP contribution < -0.4 is 15.8 Å². The first-order valence-corrected chi connectivity index (χ1v) is 7.68. The van der Waals surface area contributed by atoms with Crippen molar-refractivity contribution in [2.24, 2.45) is 5.73 Å². The summed E-state index contributed by atoms with van der Waals surface area (Å²) < 4.78 is 26.2. The molecule has 6 nitrogen and oxygen atoms in total. The average Bonchev–Trinajstić information content (AvgIpc) is 2.43. The minimum absolute atomic E-state index is 0. The van der Waals surface area contributed by atoms with Crippen LogP contribution >= 0.6 is 24.8 Å². The van der Waals surface area contributed by atoms with Crippen molar-refractivity contribution in [3.8, 4) is 0 Å². The number of nitrogens with two attached hydrogens (primary N) is 1. The Morgan fingerprint density at radius 3 is 2.59 bits per heavy atom. The Labute approximate surface area is 143 Å². The summed E-state index contributed by atoms with van der Waals surface area (Å²) in [6.07, 6.45) is 2.53. The van der Waals surface area contributed by atoms with Gasteiger partial charge in [-0.2, -0.15) is 0 Å². The summed E-state index contributed by atoms with van der Waals surface area (Å²) in [5.41, 5.74) is 5.70. The number of benzene rings is 1. The van der Waals surface area contributed by atoms with Gasteiger partial charge in [-0.1, -0.05) is 12.1 Å². The number of carbonyl (C=O) groups is 1. The third kappa shape index (κ3) is 7.77. The zero-order valence-corrected chi connectivity index (χ0v) is 14.4. The largest absolute Gasteiger partial charge is 0.329 e. The number of rotatable bonds is 8. The minimum atomic E-state index is -3.60. The maximum Gasteiger partial charge on any atom is 0.240 e. The summed E-state index contributed by atoms with van der Waals surface area (Å²) in [6, 6.07) is 6.07. The highest BCUT2D eigenvalue weighted by atomic mass is 35.5. The standard InChI is InChI=1S/C13H19N3O3S.2ClH/c1-2-3-7-13(17)16-11-5-4-6-12(10-11)20(18,19)15-9-8-14;;/h2,4-6,10,15H,1,3,7-9,14H2,(H,16,17);2*1H. The van der Waals surface area contributed by atoms with Gasteiger partial charge in [0.1, 0.15) is 0 Å². The third-order valence-corrected chi connectivity index (χ3v) is 3.90. The van der Waals surface area contributed by atoms with Gasteiger partial charge in [-0.05, 0) is 24.6 Å². The van der Waals surface area contributed by atoms with Crippen LogP contribution in [-0.2, 0) is 14.8 Å². The van der Waals surface area contributed by atoms with Crippen molar-refractivity contribution < 1.29 is 13.2 Å². The smallest absolute Gasteiger partial charge is 0.240 e. The number of anilines is 1. The molecule has 1 aromatic rings. The van der Waals surface area contributed by atoms with Gasteiger partial charge >= 0.3 is 0 Å². The van der Waals surface area contributed by atoms with Crippen LogP contribution in [0, 0.1) is 0 Å². The first-order valence-electron chi connectivity index (χ1n) is 6.20. The van der Waals surface area contributed by atoms with E-state index in [9.17, 15) is 13.2 Å². The normalized spacial score (nSPS) is 10.0. The number of halogens is 2. The molecule has 0 atom stereocenters. The van der Waals surface area contributed by atoms with Gasteiger partial charge in [0, 0.05) is 25.2 Å². The molecule has 0 aromatic heterocycles. The SMILES string of the molecule is C=CCCC(=O)Nc1cccc(S(=O)(=O)NCCN)c1.Cl.Cl. The number of allylic oxidation sites excluding steroid dienone is 1. The Hall–Kier alpha value is -1.12. The molecule has 9 heteroatoms. The molecule has 0 saturated carbocycles. The quantitative estimate of drug-likeness (QED) is 0.606. The molecule has 0 bridgehead atoms. The van der Waals surface area contributed by atoms with Crippen LogP contribution in [-0.4, -0.2) is 27.4 Å². The Kier molecular flexibility index (Phi) is 12.0. The number of hydrogen-bond donors (Lipinski definition) is 3. The fraction of sp³-hybridized carbons (Fsp3) is 0.308. The van der Waals surface area contributed by atoms with Crippen molar-refractivity contribution in [3.63, 3.8) is 0 Å². The van der Waals surface area contributed by atoms with Crippen molar-refractivity contribution in [1.82, 2.24) is 4.72 Å². The molecule has 0 aliphatic heterocycles. The predicted octanol–water partition coefficient (Wildman–Crippen LogP) is 1.67. The summed E-state index contributed by atoms with van der Waals surface area (Å²) >= 11 is 0. The van der Waals surface area contributed by atoms with Crippen molar-refractivity contribution >= 4 is 46.4 Å². The first kappa shape index (κ1) is 23.2. The highest BCUT2D eigenvalue weighted by Gasteiger charge is 2.13. The van der Waals surface area contributed by atoms with Gasteiger partial charge in [0.2, 0.25) is 15.9 Å². The van der Waals surface area contributed by atoms with Gasteiger partial charge < -0.3 is 11.1 Å². The van der Waals surface area contributed by atoms with Crippen LogP contribution in [0.3, 0.4) is 0 Å². The molecule has 0 saturated heterocycles. The summed E-state index contributed by atoms with van der Waals surface area (Å²) in [5, 5.41) is 2.64. The lowest BCUT2D eigenvalue weighted by Gasteiger charge is -2.08. The minimum Gasteiger partial charge on any atom is -0.329 e. The molecular weight excluding hydrogens is 349 g/mol. The van der Waals surface area contributed by atoms with Crippen LogP contribution in [0.5, 0.6) is 0 Å². The van der Waals surface area contributed by atoms with E-state index in [0.29, 0.717) is 18.5 Å². The number of amides is 1. The zero-order valence-electron chi connectivity index (χ0n) is 11.9. The van der Waals surface area contributed by atoms with Crippen molar-refractivity contribution in [2.45, 2.75) is 17.7 Å². The predicted molar refractivity (Wildman–Crippen MR) is 93.2 cm³/mol. The highest BCUT2D eigenvalue weighted by molar-refractivity contribution is 7.89. The van der Waals surface area contributed by atoms with Crippen LogP contribution in [0.2, 0.25) is 0 Å². The van der Waals surface area contributed by atoms with Crippen molar-refractivity contribution in [1.29, 1.82) is 0 Å². The summed E-state index contributed by atoms with van der Waals surface area (Å²) in [5.74, 6) is -0.186. The molecule has 1 rings (SSSR count). The monoisotopic (exact) mass is 369 g/mol. The van der Waals surface area contributed by atoms with E-state index in [1.807, 2.05) is 0 Å². The molecule has 0 aliphatic carbocycles. The van der Waals surface area contributed by atoms with Crippen molar-refractivity contribution in [3.05, 3.63) is 36.9 Å². The molecule has 0 unspecified atom stereocenters. The molecule has 126 valence electrons. The van der Waals surface area contributed by atoms with Gasteiger partial charge in [0.15, 0.2) is 0 Å². The maximum atomic E-state index is 11.9. The second-order valence-corrected chi connectivity index (χ2v) is 5.86. The molecule has 0 fully saturated rings. The summed E-state index contributed by atoms with van der Waals surface area (Å²) in [7, 11) is -3.60. The molecule has 22 heavy (non-hydrogen) atoms. The number of sulfonamides is 1. The van der Waals surface area contributed by atoms with Gasteiger partial charge in [-0.25, -0.2) is 13.1 Å².